The van der Waals surface area contributed by atoms with E-state index in [0.717, 1.165) is 32.6 Å². The monoisotopic (exact) mass is 288 g/mol. The molecule has 1 saturated heterocycles. The maximum atomic E-state index is 11.8. The molecule has 2 heterocycles. The molecular weight excluding hydrogens is 268 g/mol. The van der Waals surface area contributed by atoms with Crippen molar-refractivity contribution >= 4 is 11.8 Å². The fourth-order valence-corrected chi connectivity index (χ4v) is 2.59. The predicted molar refractivity (Wildman–Crippen MR) is 79.1 cm³/mol. The first-order valence-electron chi connectivity index (χ1n) is 7.13. The first-order chi connectivity index (χ1) is 10.2. The number of nitriles is 1. The van der Waals surface area contributed by atoms with Gasteiger partial charge in [-0.25, -0.2) is 9.78 Å². The minimum absolute atomic E-state index is 0.0315. The van der Waals surface area contributed by atoms with Gasteiger partial charge >= 0.3 is 5.97 Å². The predicted octanol–water partition coefficient (Wildman–Crippen LogP) is 1.29. The molecule has 6 nitrogen and oxygen atoms in total. The van der Waals surface area contributed by atoms with E-state index in [-0.39, 0.29) is 12.0 Å². The lowest BCUT2D eigenvalue weighted by atomic mass is 10.1. The highest BCUT2D eigenvalue weighted by Gasteiger charge is 2.25. The van der Waals surface area contributed by atoms with E-state index in [4.69, 9.17) is 10.00 Å². The van der Waals surface area contributed by atoms with Crippen molar-refractivity contribution in [2.75, 3.05) is 38.2 Å². The van der Waals surface area contributed by atoms with E-state index in [0.29, 0.717) is 11.4 Å². The Labute approximate surface area is 124 Å². The second-order valence-electron chi connectivity index (χ2n) is 4.94. The largest absolute Gasteiger partial charge is 0.465 e. The van der Waals surface area contributed by atoms with Gasteiger partial charge in [0.05, 0.1) is 19.2 Å². The highest BCUT2D eigenvalue weighted by molar-refractivity contribution is 5.94. The third kappa shape index (κ3) is 3.31. The molecule has 1 atom stereocenters. The fraction of sp³-hybridized carbons (Fsp3) is 0.533. The van der Waals surface area contributed by atoms with E-state index in [1.54, 1.807) is 18.3 Å². The average Bonchev–Trinajstić information content (AvgIpc) is 2.56. The quantitative estimate of drug-likeness (QED) is 0.778. The van der Waals surface area contributed by atoms with Crippen LogP contribution >= 0.6 is 0 Å². The second-order valence-corrected chi connectivity index (χ2v) is 4.94. The summed E-state index contributed by atoms with van der Waals surface area (Å²) >= 11 is 0. The van der Waals surface area contributed by atoms with Gasteiger partial charge in [0.2, 0.25) is 0 Å². The van der Waals surface area contributed by atoms with Gasteiger partial charge in [-0.05, 0) is 18.6 Å². The zero-order valence-corrected chi connectivity index (χ0v) is 12.5. The Morgan fingerprint density at radius 2 is 2.19 bits per heavy atom. The van der Waals surface area contributed by atoms with Gasteiger partial charge in [0.25, 0.3) is 0 Å². The van der Waals surface area contributed by atoms with Crippen LogP contribution in [0.3, 0.4) is 0 Å². The summed E-state index contributed by atoms with van der Waals surface area (Å²) in [6.07, 6.45) is 2.51. The summed E-state index contributed by atoms with van der Waals surface area (Å²) < 4.78 is 4.80. The number of pyridine rings is 1. The average molecular weight is 288 g/mol. The van der Waals surface area contributed by atoms with Crippen LogP contribution in [-0.4, -0.2) is 55.2 Å². The van der Waals surface area contributed by atoms with Gasteiger partial charge < -0.3 is 9.64 Å². The van der Waals surface area contributed by atoms with Crippen molar-refractivity contribution in [1.29, 1.82) is 5.26 Å². The Morgan fingerprint density at radius 3 is 2.76 bits per heavy atom. The lowest BCUT2D eigenvalue weighted by Crippen LogP contribution is -2.50. The summed E-state index contributed by atoms with van der Waals surface area (Å²) in [7, 11) is 1.37. The van der Waals surface area contributed by atoms with Crippen molar-refractivity contribution in [3.63, 3.8) is 0 Å². The zero-order valence-electron chi connectivity index (χ0n) is 12.5. The molecule has 0 N–H and O–H groups in total. The van der Waals surface area contributed by atoms with Crippen LogP contribution in [0, 0.1) is 11.3 Å². The SMILES string of the molecule is CCC(C#N)N1CCN(c2ncccc2C(=O)OC)CC1. The summed E-state index contributed by atoms with van der Waals surface area (Å²) in [6, 6.07) is 5.76. The molecule has 0 aliphatic carbocycles. The maximum Gasteiger partial charge on any atom is 0.341 e. The van der Waals surface area contributed by atoms with Crippen molar-refractivity contribution in [3.05, 3.63) is 23.9 Å². The lowest BCUT2D eigenvalue weighted by molar-refractivity contribution is 0.0600. The molecule has 2 rings (SSSR count). The summed E-state index contributed by atoms with van der Waals surface area (Å²) in [5, 5.41) is 9.13. The third-order valence-corrected chi connectivity index (χ3v) is 3.78. The molecule has 21 heavy (non-hydrogen) atoms. The van der Waals surface area contributed by atoms with Crippen LogP contribution < -0.4 is 4.90 Å². The molecule has 0 spiro atoms. The number of carbonyl (C=O) groups excluding carboxylic acids is 1. The highest BCUT2D eigenvalue weighted by Crippen LogP contribution is 2.20. The van der Waals surface area contributed by atoms with Gasteiger partial charge in [0.1, 0.15) is 11.4 Å². The molecule has 1 aromatic rings. The standard InChI is InChI=1S/C15H20N4O2/c1-3-12(11-16)18-7-9-19(10-8-18)14-13(15(20)21-2)5-4-6-17-14/h4-6,12H,3,7-10H2,1-2H3. The van der Waals surface area contributed by atoms with Gasteiger partial charge in [-0.1, -0.05) is 6.92 Å². The molecule has 1 aliphatic rings. The van der Waals surface area contributed by atoms with Crippen LogP contribution in [0.15, 0.2) is 18.3 Å². The van der Waals surface area contributed by atoms with Crippen molar-refractivity contribution in [3.8, 4) is 6.07 Å². The Hall–Kier alpha value is -2.13. The van der Waals surface area contributed by atoms with Gasteiger partial charge in [0.15, 0.2) is 0 Å². The number of nitrogens with zero attached hydrogens (tertiary/aromatic N) is 4. The van der Waals surface area contributed by atoms with Crippen molar-refractivity contribution in [2.45, 2.75) is 19.4 Å². The van der Waals surface area contributed by atoms with Gasteiger partial charge in [-0.2, -0.15) is 5.26 Å². The smallest absolute Gasteiger partial charge is 0.341 e. The van der Waals surface area contributed by atoms with Crippen LogP contribution in [0.1, 0.15) is 23.7 Å². The maximum absolute atomic E-state index is 11.8. The van der Waals surface area contributed by atoms with Crippen molar-refractivity contribution in [2.24, 2.45) is 0 Å². The van der Waals surface area contributed by atoms with Gasteiger partial charge in [-0.15, -0.1) is 0 Å². The van der Waals surface area contributed by atoms with E-state index >= 15 is 0 Å². The number of ether oxygens (including phenoxy) is 1. The second kappa shape index (κ2) is 7.04. The molecular formula is C15H20N4O2. The van der Waals surface area contributed by atoms with Crippen molar-refractivity contribution < 1.29 is 9.53 Å². The number of hydrogen-bond donors (Lipinski definition) is 0. The summed E-state index contributed by atoms with van der Waals surface area (Å²) in [4.78, 5) is 20.4. The number of methoxy groups -OCH3 is 1. The Morgan fingerprint density at radius 1 is 1.48 bits per heavy atom. The molecule has 112 valence electrons. The molecule has 0 bridgehead atoms. The number of carbonyl (C=O) groups is 1. The Balaban J connectivity index is 2.10. The summed E-state index contributed by atoms with van der Waals surface area (Å²) in [5.41, 5.74) is 0.487. The van der Waals surface area contributed by atoms with Crippen LogP contribution in [0.25, 0.3) is 0 Å². The molecule has 0 amide bonds. The van der Waals surface area contributed by atoms with E-state index < -0.39 is 0 Å². The van der Waals surface area contributed by atoms with Crippen LogP contribution in [-0.2, 0) is 4.74 Å². The molecule has 0 saturated carbocycles. The normalized spacial score (nSPS) is 17.1. The third-order valence-electron chi connectivity index (χ3n) is 3.78. The summed E-state index contributed by atoms with van der Waals surface area (Å²) in [5.74, 6) is 0.290. The topological polar surface area (TPSA) is 69.5 Å². The molecule has 0 aromatic carbocycles. The minimum atomic E-state index is -0.371. The van der Waals surface area contributed by atoms with Crippen LogP contribution in [0.5, 0.6) is 0 Å². The molecule has 1 aliphatic heterocycles. The number of anilines is 1. The molecule has 0 radical (unpaired) electrons. The summed E-state index contributed by atoms with van der Waals surface area (Å²) in [6.45, 7) is 5.11. The first kappa shape index (κ1) is 15.3. The number of piperazine rings is 1. The van der Waals surface area contributed by atoms with Crippen molar-refractivity contribution in [1.82, 2.24) is 9.88 Å². The number of esters is 1. The zero-order chi connectivity index (χ0) is 15.2. The lowest BCUT2D eigenvalue weighted by Gasteiger charge is -2.37. The first-order valence-corrected chi connectivity index (χ1v) is 7.13. The number of hydrogen-bond acceptors (Lipinski definition) is 6. The van der Waals surface area contributed by atoms with E-state index in [2.05, 4.69) is 20.9 Å². The minimum Gasteiger partial charge on any atom is -0.465 e. The van der Waals surface area contributed by atoms with E-state index in [1.165, 1.54) is 7.11 Å². The van der Waals surface area contributed by atoms with Crippen LogP contribution in [0.2, 0.25) is 0 Å². The molecule has 1 fully saturated rings. The molecule has 1 aromatic heterocycles. The highest BCUT2D eigenvalue weighted by atomic mass is 16.5. The van der Waals surface area contributed by atoms with E-state index in [9.17, 15) is 4.79 Å². The fourth-order valence-electron chi connectivity index (χ4n) is 2.59. The van der Waals surface area contributed by atoms with E-state index in [1.807, 2.05) is 6.92 Å². The Kier molecular flexibility index (Phi) is 5.12. The number of rotatable bonds is 4. The molecule has 1 unspecified atom stereocenters. The number of aromatic nitrogens is 1. The van der Waals surface area contributed by atoms with Gasteiger partial charge in [0, 0.05) is 32.4 Å². The Bertz CT molecular complexity index is 533. The molecule has 6 heteroatoms. The van der Waals surface area contributed by atoms with Gasteiger partial charge in [-0.3, -0.25) is 4.90 Å². The van der Waals surface area contributed by atoms with Crippen LogP contribution in [0.4, 0.5) is 5.82 Å².